The zero-order valence-corrected chi connectivity index (χ0v) is 9.32. The Morgan fingerprint density at radius 3 is 2.88 bits per heavy atom. The maximum atomic E-state index is 9.74. The number of rotatable bonds is 2. The fourth-order valence-electron chi connectivity index (χ4n) is 1.39. The zero-order chi connectivity index (χ0) is 11.7. The summed E-state index contributed by atoms with van der Waals surface area (Å²) in [5, 5.41) is 14.0. The van der Waals surface area contributed by atoms with E-state index in [4.69, 9.17) is 21.9 Å². The Bertz CT molecular complexity index is 525. The van der Waals surface area contributed by atoms with Crippen molar-refractivity contribution in [3.8, 4) is 17.1 Å². The van der Waals surface area contributed by atoms with Gasteiger partial charge in [-0.2, -0.15) is 4.98 Å². The molecule has 0 aliphatic carbocycles. The van der Waals surface area contributed by atoms with Gasteiger partial charge >= 0.3 is 0 Å². The molecule has 0 amide bonds. The van der Waals surface area contributed by atoms with Crippen molar-refractivity contribution < 1.29 is 9.63 Å². The van der Waals surface area contributed by atoms with E-state index in [2.05, 4.69) is 10.1 Å². The van der Waals surface area contributed by atoms with Gasteiger partial charge in [-0.05, 0) is 24.6 Å². The average Bonchev–Trinajstić information content (AvgIpc) is 2.73. The topological polar surface area (TPSA) is 85.2 Å². The van der Waals surface area contributed by atoms with Crippen molar-refractivity contribution in [2.75, 3.05) is 0 Å². The summed E-state index contributed by atoms with van der Waals surface area (Å²) >= 11 is 5.95. The van der Waals surface area contributed by atoms with Crippen LogP contribution in [0.15, 0.2) is 16.7 Å². The van der Waals surface area contributed by atoms with Crippen LogP contribution in [0.3, 0.4) is 0 Å². The minimum atomic E-state index is 0.0614. The summed E-state index contributed by atoms with van der Waals surface area (Å²) in [4.78, 5) is 4.04. The van der Waals surface area contributed by atoms with Crippen molar-refractivity contribution in [2.24, 2.45) is 5.73 Å². The molecule has 0 unspecified atom stereocenters. The van der Waals surface area contributed by atoms with Gasteiger partial charge < -0.3 is 15.4 Å². The number of halogens is 1. The number of phenolic OH excluding ortho intramolecular Hbond substituents is 1. The average molecular weight is 240 g/mol. The van der Waals surface area contributed by atoms with Gasteiger partial charge in [0.15, 0.2) is 0 Å². The highest BCUT2D eigenvalue weighted by Gasteiger charge is 2.16. The van der Waals surface area contributed by atoms with E-state index in [0.717, 1.165) is 0 Å². The molecule has 2 rings (SSSR count). The number of nitrogens with zero attached hydrogens (tertiary/aromatic N) is 2. The smallest absolute Gasteiger partial charge is 0.240 e. The van der Waals surface area contributed by atoms with Crippen molar-refractivity contribution in [3.63, 3.8) is 0 Å². The third-order valence-electron chi connectivity index (χ3n) is 2.24. The SMILES string of the molecule is Cc1c(Cl)ccc(O)c1-c1noc(CN)n1. The molecule has 1 aromatic carbocycles. The molecule has 16 heavy (non-hydrogen) atoms. The second-order valence-electron chi connectivity index (χ2n) is 3.28. The summed E-state index contributed by atoms with van der Waals surface area (Å²) in [5.41, 5.74) is 6.53. The van der Waals surface area contributed by atoms with Crippen LogP contribution in [0.4, 0.5) is 0 Å². The van der Waals surface area contributed by atoms with Crippen LogP contribution >= 0.6 is 11.6 Å². The van der Waals surface area contributed by atoms with Gasteiger partial charge in [-0.15, -0.1) is 0 Å². The minimum Gasteiger partial charge on any atom is -0.507 e. The van der Waals surface area contributed by atoms with E-state index in [1.807, 2.05) is 0 Å². The van der Waals surface area contributed by atoms with Crippen LogP contribution in [-0.4, -0.2) is 15.2 Å². The maximum absolute atomic E-state index is 9.74. The minimum absolute atomic E-state index is 0.0614. The van der Waals surface area contributed by atoms with E-state index in [1.54, 1.807) is 13.0 Å². The van der Waals surface area contributed by atoms with E-state index in [1.165, 1.54) is 6.07 Å². The van der Waals surface area contributed by atoms with Gasteiger partial charge in [0.1, 0.15) is 5.75 Å². The zero-order valence-electron chi connectivity index (χ0n) is 8.57. The molecule has 0 spiro atoms. The van der Waals surface area contributed by atoms with Crippen LogP contribution < -0.4 is 5.73 Å². The molecule has 0 saturated carbocycles. The first kappa shape index (κ1) is 10.9. The number of hydrogen-bond acceptors (Lipinski definition) is 5. The maximum Gasteiger partial charge on any atom is 0.240 e. The van der Waals surface area contributed by atoms with E-state index in [-0.39, 0.29) is 18.1 Å². The summed E-state index contributed by atoms with van der Waals surface area (Å²) in [6.07, 6.45) is 0. The highest BCUT2D eigenvalue weighted by molar-refractivity contribution is 6.31. The Balaban J connectivity index is 2.58. The van der Waals surface area contributed by atoms with Crippen LogP contribution in [0.1, 0.15) is 11.5 Å². The Morgan fingerprint density at radius 2 is 2.25 bits per heavy atom. The quantitative estimate of drug-likeness (QED) is 0.836. The first-order valence-electron chi connectivity index (χ1n) is 4.64. The molecule has 84 valence electrons. The number of benzene rings is 1. The number of aromatic nitrogens is 2. The van der Waals surface area contributed by atoms with E-state index in [0.29, 0.717) is 22.0 Å². The van der Waals surface area contributed by atoms with Crippen molar-refractivity contribution in [1.29, 1.82) is 0 Å². The molecular formula is C10H10ClN3O2. The Labute approximate surface area is 96.8 Å². The molecule has 6 heteroatoms. The summed E-state index contributed by atoms with van der Waals surface area (Å²) in [6.45, 7) is 1.93. The summed E-state index contributed by atoms with van der Waals surface area (Å²) in [6, 6.07) is 3.10. The molecule has 1 aromatic heterocycles. The first-order chi connectivity index (χ1) is 7.63. The molecule has 0 aliphatic rings. The predicted molar refractivity (Wildman–Crippen MR) is 59.0 cm³/mol. The van der Waals surface area contributed by atoms with Gasteiger partial charge in [-0.3, -0.25) is 0 Å². The number of aromatic hydroxyl groups is 1. The van der Waals surface area contributed by atoms with Gasteiger partial charge in [0.25, 0.3) is 0 Å². The molecule has 0 aliphatic heterocycles. The lowest BCUT2D eigenvalue weighted by molar-refractivity contribution is 0.380. The third-order valence-corrected chi connectivity index (χ3v) is 2.65. The van der Waals surface area contributed by atoms with Crippen molar-refractivity contribution in [2.45, 2.75) is 13.5 Å². The van der Waals surface area contributed by atoms with Crippen LogP contribution in [-0.2, 0) is 6.54 Å². The first-order valence-corrected chi connectivity index (χ1v) is 5.02. The summed E-state index contributed by atoms with van der Waals surface area (Å²) in [5.74, 6) is 0.665. The third kappa shape index (κ3) is 1.75. The molecule has 5 nitrogen and oxygen atoms in total. The van der Waals surface area contributed by atoms with Crippen LogP contribution in [0.2, 0.25) is 5.02 Å². The standard InChI is InChI=1S/C10H10ClN3O2/c1-5-6(11)2-3-7(15)9(5)10-13-8(4-12)16-14-10/h2-3,15H,4,12H2,1H3. The predicted octanol–water partition coefficient (Wildman–Crippen LogP) is 1.86. The van der Waals surface area contributed by atoms with Gasteiger partial charge in [0, 0.05) is 5.02 Å². The van der Waals surface area contributed by atoms with Crippen LogP contribution in [0.5, 0.6) is 5.75 Å². The molecule has 1 heterocycles. The fraction of sp³-hybridized carbons (Fsp3) is 0.200. The van der Waals surface area contributed by atoms with Gasteiger partial charge in [-0.1, -0.05) is 16.8 Å². The second-order valence-corrected chi connectivity index (χ2v) is 3.69. The largest absolute Gasteiger partial charge is 0.507 e. The molecule has 2 aromatic rings. The lowest BCUT2D eigenvalue weighted by Gasteiger charge is -2.05. The highest BCUT2D eigenvalue weighted by Crippen LogP contribution is 2.34. The normalized spacial score (nSPS) is 10.7. The monoisotopic (exact) mass is 239 g/mol. The van der Waals surface area contributed by atoms with E-state index >= 15 is 0 Å². The summed E-state index contributed by atoms with van der Waals surface area (Å²) < 4.78 is 4.88. The number of hydrogen-bond donors (Lipinski definition) is 2. The summed E-state index contributed by atoms with van der Waals surface area (Å²) in [7, 11) is 0. The van der Waals surface area contributed by atoms with Crippen LogP contribution in [0.25, 0.3) is 11.4 Å². The van der Waals surface area contributed by atoms with Crippen LogP contribution in [0, 0.1) is 6.92 Å². The molecular weight excluding hydrogens is 230 g/mol. The van der Waals surface area contributed by atoms with Crippen molar-refractivity contribution in [1.82, 2.24) is 10.1 Å². The molecule has 3 N–H and O–H groups in total. The molecule has 0 radical (unpaired) electrons. The van der Waals surface area contributed by atoms with Gasteiger partial charge in [-0.25, -0.2) is 0 Å². The second kappa shape index (κ2) is 4.11. The Morgan fingerprint density at radius 1 is 1.50 bits per heavy atom. The molecule has 0 atom stereocenters. The number of nitrogens with two attached hydrogens (primary N) is 1. The van der Waals surface area contributed by atoms with Crippen molar-refractivity contribution >= 4 is 11.6 Å². The lowest BCUT2D eigenvalue weighted by Crippen LogP contribution is -1.96. The van der Waals surface area contributed by atoms with E-state index < -0.39 is 0 Å². The number of phenols is 1. The molecule has 0 bridgehead atoms. The van der Waals surface area contributed by atoms with E-state index in [9.17, 15) is 5.11 Å². The van der Waals surface area contributed by atoms with Gasteiger partial charge in [0.2, 0.25) is 11.7 Å². The fourth-order valence-corrected chi connectivity index (χ4v) is 1.55. The van der Waals surface area contributed by atoms with Gasteiger partial charge in [0.05, 0.1) is 12.1 Å². The van der Waals surface area contributed by atoms with Crippen molar-refractivity contribution in [3.05, 3.63) is 28.6 Å². The highest BCUT2D eigenvalue weighted by atomic mass is 35.5. The lowest BCUT2D eigenvalue weighted by atomic mass is 10.1. The Kier molecular flexibility index (Phi) is 2.80. The Hall–Kier alpha value is -1.59. The molecule has 0 fully saturated rings. The molecule has 0 saturated heterocycles.